The van der Waals surface area contributed by atoms with Crippen LogP contribution in [0, 0.1) is 5.82 Å². The van der Waals surface area contributed by atoms with Gasteiger partial charge < -0.3 is 15.2 Å². The highest BCUT2D eigenvalue weighted by Gasteiger charge is 2.44. The molecule has 0 unspecified atom stereocenters. The lowest BCUT2D eigenvalue weighted by Crippen LogP contribution is -2.66. The Labute approximate surface area is 199 Å². The van der Waals surface area contributed by atoms with E-state index in [1.54, 1.807) is 28.9 Å². The molecule has 1 amide bonds. The molecule has 6 rings (SSSR count). The second-order valence-corrected chi connectivity index (χ2v) is 9.13. The van der Waals surface area contributed by atoms with Crippen molar-refractivity contribution in [1.29, 1.82) is 0 Å². The molecule has 2 aromatic heterocycles. The quantitative estimate of drug-likeness (QED) is 0.424. The van der Waals surface area contributed by atoms with E-state index in [1.807, 2.05) is 49.5 Å². The molecule has 2 N–H and O–H groups in total. The first-order valence-corrected chi connectivity index (χ1v) is 11.3. The Morgan fingerprint density at radius 2 is 1.77 bits per heavy atom. The van der Waals surface area contributed by atoms with Gasteiger partial charge in [-0.3, -0.25) is 14.0 Å². The summed E-state index contributed by atoms with van der Waals surface area (Å²) in [5.74, 6) is -0.720. The minimum absolute atomic E-state index is 0.140. The predicted octanol–water partition coefficient (Wildman–Crippen LogP) is 3.55. The lowest BCUT2D eigenvalue weighted by atomic mass is 9.82. The van der Waals surface area contributed by atoms with Crippen LogP contribution < -0.4 is 10.9 Å². The van der Waals surface area contributed by atoms with Crippen molar-refractivity contribution in [2.24, 2.45) is 0 Å². The van der Waals surface area contributed by atoms with Crippen LogP contribution in [-0.4, -0.2) is 45.3 Å². The van der Waals surface area contributed by atoms with E-state index in [2.05, 4.69) is 20.2 Å². The molecule has 174 valence electrons. The highest BCUT2D eigenvalue weighted by Crippen LogP contribution is 2.31. The summed E-state index contributed by atoms with van der Waals surface area (Å²) in [4.78, 5) is 35.2. The van der Waals surface area contributed by atoms with Crippen LogP contribution in [0.1, 0.15) is 16.1 Å². The van der Waals surface area contributed by atoms with Crippen molar-refractivity contribution in [3.05, 3.63) is 107 Å². The molecule has 1 aliphatic heterocycles. The molecule has 1 fully saturated rings. The number of halogens is 1. The van der Waals surface area contributed by atoms with Gasteiger partial charge >= 0.3 is 0 Å². The molecule has 0 aliphatic carbocycles. The number of fused-ring (bicyclic) bond motifs is 2. The number of amides is 1. The number of likely N-dealkylation sites (N-methyl/N-ethyl adjacent to an activating group) is 1. The van der Waals surface area contributed by atoms with Crippen molar-refractivity contribution in [1.82, 2.24) is 24.6 Å². The molecule has 0 spiro atoms. The lowest BCUT2D eigenvalue weighted by Gasteiger charge is -2.49. The van der Waals surface area contributed by atoms with Crippen molar-refractivity contribution in [3.8, 4) is 11.3 Å². The number of nitrogens with zero attached hydrogens (tertiary/aromatic N) is 3. The molecule has 0 saturated carbocycles. The maximum absolute atomic E-state index is 13.4. The molecule has 3 aromatic carbocycles. The van der Waals surface area contributed by atoms with E-state index in [-0.39, 0.29) is 22.7 Å². The normalized spacial score (nSPS) is 15.3. The van der Waals surface area contributed by atoms with E-state index in [0.717, 1.165) is 21.9 Å². The van der Waals surface area contributed by atoms with Gasteiger partial charge in [0.15, 0.2) is 0 Å². The summed E-state index contributed by atoms with van der Waals surface area (Å²) in [5.41, 5.74) is 1.56. The molecule has 0 atom stereocenters. The van der Waals surface area contributed by atoms with Crippen LogP contribution in [0.15, 0.2) is 83.9 Å². The van der Waals surface area contributed by atoms with Crippen LogP contribution in [0.4, 0.5) is 4.39 Å². The summed E-state index contributed by atoms with van der Waals surface area (Å²) in [7, 11) is 1.95. The van der Waals surface area contributed by atoms with Crippen LogP contribution in [-0.2, 0) is 5.54 Å². The number of nitrogens with one attached hydrogen (secondary N) is 2. The Bertz CT molecular complexity index is 1650. The number of aromatic amines is 1. The summed E-state index contributed by atoms with van der Waals surface area (Å²) in [5, 5.41) is 5.24. The number of aromatic nitrogens is 3. The molecule has 35 heavy (non-hydrogen) atoms. The molecule has 1 saturated heterocycles. The predicted molar refractivity (Wildman–Crippen MR) is 132 cm³/mol. The Balaban J connectivity index is 1.33. The van der Waals surface area contributed by atoms with Crippen LogP contribution in [0.2, 0.25) is 0 Å². The minimum atomic E-state index is -0.641. The summed E-state index contributed by atoms with van der Waals surface area (Å²) in [6.07, 6.45) is 3.32. The van der Waals surface area contributed by atoms with Gasteiger partial charge in [-0.2, -0.15) is 0 Å². The zero-order valence-corrected chi connectivity index (χ0v) is 19.0. The monoisotopic (exact) mass is 467 g/mol. The number of carbonyl (C=O) groups is 1. The molecule has 7 nitrogen and oxygen atoms in total. The van der Waals surface area contributed by atoms with Crippen molar-refractivity contribution in [2.45, 2.75) is 5.54 Å². The van der Waals surface area contributed by atoms with Gasteiger partial charge in [0.2, 0.25) is 5.65 Å². The van der Waals surface area contributed by atoms with Crippen LogP contribution >= 0.6 is 0 Å². The highest BCUT2D eigenvalue weighted by molar-refractivity contribution is 5.93. The number of benzene rings is 3. The van der Waals surface area contributed by atoms with E-state index < -0.39 is 11.4 Å². The van der Waals surface area contributed by atoms with E-state index in [1.165, 1.54) is 12.1 Å². The van der Waals surface area contributed by atoms with E-state index in [4.69, 9.17) is 0 Å². The third-order valence-electron chi connectivity index (χ3n) is 6.57. The Morgan fingerprint density at radius 3 is 2.51 bits per heavy atom. The Hall–Kier alpha value is -4.30. The first-order valence-electron chi connectivity index (χ1n) is 11.3. The van der Waals surface area contributed by atoms with Gasteiger partial charge in [-0.25, -0.2) is 9.37 Å². The van der Waals surface area contributed by atoms with E-state index in [9.17, 15) is 14.0 Å². The second kappa shape index (κ2) is 7.89. The van der Waals surface area contributed by atoms with Gasteiger partial charge in [-0.15, -0.1) is 0 Å². The molecular formula is C27H22FN5O2. The standard InChI is InChI=1S/C27H22FN5O2/c1-32-15-27(16-32,20-8-10-21(28)11-9-20)31-25(34)23-14-33-13-22(30-26(35)24(33)29-23)19-7-6-17-4-2-3-5-18(17)12-19/h2-14H,15-16H2,1H3,(H,30,35)(H,31,34). The SMILES string of the molecule is CN1CC(NC(=O)c2cn3cc(-c4ccc5ccccc5c4)[nH]c(=O)c3n2)(c2ccc(F)cc2)C1. The average molecular weight is 468 g/mol. The van der Waals surface area contributed by atoms with Gasteiger partial charge in [0, 0.05) is 31.0 Å². The fraction of sp³-hybridized carbons (Fsp3) is 0.148. The number of carbonyl (C=O) groups excluding carboxylic acids is 1. The first-order chi connectivity index (χ1) is 16.9. The summed E-state index contributed by atoms with van der Waals surface area (Å²) in [6, 6.07) is 20.1. The maximum Gasteiger partial charge on any atom is 0.292 e. The van der Waals surface area contributed by atoms with Crippen molar-refractivity contribution in [2.75, 3.05) is 20.1 Å². The first kappa shape index (κ1) is 21.2. The average Bonchev–Trinajstić information content (AvgIpc) is 3.28. The van der Waals surface area contributed by atoms with Crippen LogP contribution in [0.3, 0.4) is 0 Å². The highest BCUT2D eigenvalue weighted by atomic mass is 19.1. The topological polar surface area (TPSA) is 82.5 Å². The van der Waals surface area contributed by atoms with Gasteiger partial charge in [0.25, 0.3) is 11.5 Å². The number of likely N-dealkylation sites (tertiary alicyclic amines) is 1. The van der Waals surface area contributed by atoms with Gasteiger partial charge in [0.05, 0.1) is 11.2 Å². The Kier molecular flexibility index (Phi) is 4.79. The fourth-order valence-electron chi connectivity index (χ4n) is 4.88. The number of imidazole rings is 1. The number of hydrogen-bond acceptors (Lipinski definition) is 4. The molecule has 1 aliphatic rings. The summed E-state index contributed by atoms with van der Waals surface area (Å²) >= 11 is 0. The zero-order chi connectivity index (χ0) is 24.2. The second-order valence-electron chi connectivity index (χ2n) is 9.13. The zero-order valence-electron chi connectivity index (χ0n) is 19.0. The van der Waals surface area contributed by atoms with Gasteiger partial charge in [-0.05, 0) is 41.6 Å². The van der Waals surface area contributed by atoms with Gasteiger partial charge in [-0.1, -0.05) is 48.5 Å². The van der Waals surface area contributed by atoms with E-state index in [0.29, 0.717) is 18.8 Å². The molecular weight excluding hydrogens is 445 g/mol. The van der Waals surface area contributed by atoms with Gasteiger partial charge in [0.1, 0.15) is 11.5 Å². The van der Waals surface area contributed by atoms with Crippen molar-refractivity contribution in [3.63, 3.8) is 0 Å². The number of H-pyrrole nitrogens is 1. The number of rotatable bonds is 4. The molecule has 0 bridgehead atoms. The summed E-state index contributed by atoms with van der Waals surface area (Å²) < 4.78 is 15.0. The third-order valence-corrected chi connectivity index (χ3v) is 6.57. The van der Waals surface area contributed by atoms with Crippen molar-refractivity contribution < 1.29 is 9.18 Å². The summed E-state index contributed by atoms with van der Waals surface area (Å²) in [6.45, 7) is 1.18. The largest absolute Gasteiger partial charge is 0.339 e. The van der Waals surface area contributed by atoms with E-state index >= 15 is 0 Å². The fourth-order valence-corrected chi connectivity index (χ4v) is 4.88. The van der Waals surface area contributed by atoms with Crippen molar-refractivity contribution >= 4 is 22.3 Å². The molecule has 5 aromatic rings. The Morgan fingerprint density at radius 1 is 1.03 bits per heavy atom. The lowest BCUT2D eigenvalue weighted by molar-refractivity contribution is 0.0508. The maximum atomic E-state index is 13.4. The minimum Gasteiger partial charge on any atom is -0.339 e. The van der Waals surface area contributed by atoms with Crippen LogP contribution in [0.5, 0.6) is 0 Å². The van der Waals surface area contributed by atoms with Crippen LogP contribution in [0.25, 0.3) is 27.7 Å². The smallest absolute Gasteiger partial charge is 0.292 e. The molecule has 8 heteroatoms. The molecule has 0 radical (unpaired) electrons. The third kappa shape index (κ3) is 3.68. The number of hydrogen-bond donors (Lipinski definition) is 2. The molecule has 3 heterocycles.